The SMILES string of the molecule is C=CCn1c(SCC(=O)Nc2nc(C)cs2)nnc1C(C)NC(=O)c1ccccc1F. The number of halogens is 1. The second kappa shape index (κ2) is 10.3. The molecule has 2 aromatic heterocycles. The van der Waals surface area contributed by atoms with Crippen LogP contribution in [0.3, 0.4) is 0 Å². The summed E-state index contributed by atoms with van der Waals surface area (Å²) >= 11 is 2.57. The number of aromatic nitrogens is 4. The maximum absolute atomic E-state index is 13.9. The van der Waals surface area contributed by atoms with E-state index in [1.165, 1.54) is 41.3 Å². The van der Waals surface area contributed by atoms with Gasteiger partial charge < -0.3 is 15.2 Å². The number of hydrogen-bond donors (Lipinski definition) is 2. The van der Waals surface area contributed by atoms with Crippen molar-refractivity contribution in [1.82, 2.24) is 25.1 Å². The number of allylic oxidation sites excluding steroid dienone is 1. The maximum atomic E-state index is 13.9. The number of nitrogens with zero attached hydrogens (tertiary/aromatic N) is 4. The molecule has 0 fully saturated rings. The lowest BCUT2D eigenvalue weighted by Crippen LogP contribution is -2.29. The minimum atomic E-state index is -0.600. The summed E-state index contributed by atoms with van der Waals surface area (Å²) in [6.45, 7) is 7.71. The van der Waals surface area contributed by atoms with Gasteiger partial charge in [0.1, 0.15) is 5.82 Å². The van der Waals surface area contributed by atoms with Crippen molar-refractivity contribution in [2.75, 3.05) is 11.1 Å². The molecule has 3 rings (SSSR count). The molecule has 2 heterocycles. The zero-order valence-electron chi connectivity index (χ0n) is 17.0. The van der Waals surface area contributed by atoms with Crippen molar-refractivity contribution >= 4 is 40.0 Å². The first-order valence-corrected chi connectivity index (χ1v) is 11.2. The fourth-order valence-corrected chi connectivity index (χ4v) is 4.17. The second-order valence-electron chi connectivity index (χ2n) is 6.55. The van der Waals surface area contributed by atoms with E-state index < -0.39 is 17.8 Å². The Bertz CT molecular complexity index is 1100. The van der Waals surface area contributed by atoms with Gasteiger partial charge in [0.15, 0.2) is 16.1 Å². The Morgan fingerprint density at radius 1 is 1.35 bits per heavy atom. The number of rotatable bonds is 9. The lowest BCUT2D eigenvalue weighted by molar-refractivity contribution is -0.113. The van der Waals surface area contributed by atoms with E-state index in [0.29, 0.717) is 22.7 Å². The first-order valence-electron chi connectivity index (χ1n) is 9.33. The van der Waals surface area contributed by atoms with E-state index in [1.54, 1.807) is 23.6 Å². The zero-order valence-corrected chi connectivity index (χ0v) is 18.6. The normalized spacial score (nSPS) is 11.7. The average molecular weight is 461 g/mol. The van der Waals surface area contributed by atoms with Gasteiger partial charge in [-0.05, 0) is 26.0 Å². The van der Waals surface area contributed by atoms with Crippen LogP contribution in [-0.2, 0) is 11.3 Å². The van der Waals surface area contributed by atoms with Crippen LogP contribution in [0.5, 0.6) is 0 Å². The molecule has 0 aliphatic heterocycles. The van der Waals surface area contributed by atoms with Gasteiger partial charge >= 0.3 is 0 Å². The molecule has 31 heavy (non-hydrogen) atoms. The number of nitrogens with one attached hydrogen (secondary N) is 2. The molecule has 0 bridgehead atoms. The largest absolute Gasteiger partial charge is 0.342 e. The molecular weight excluding hydrogens is 439 g/mol. The molecule has 1 atom stereocenters. The molecule has 11 heteroatoms. The number of aryl methyl sites for hydroxylation is 1. The first kappa shape index (κ1) is 22.6. The molecule has 1 aromatic carbocycles. The van der Waals surface area contributed by atoms with Gasteiger partial charge in [0.25, 0.3) is 5.91 Å². The van der Waals surface area contributed by atoms with Crippen LogP contribution < -0.4 is 10.6 Å². The van der Waals surface area contributed by atoms with Gasteiger partial charge in [-0.3, -0.25) is 9.59 Å². The Kier molecular flexibility index (Phi) is 7.53. The summed E-state index contributed by atoms with van der Waals surface area (Å²) in [6.07, 6.45) is 1.67. The number of carbonyl (C=O) groups is 2. The summed E-state index contributed by atoms with van der Waals surface area (Å²) in [4.78, 5) is 28.8. The Morgan fingerprint density at radius 3 is 2.81 bits per heavy atom. The highest BCUT2D eigenvalue weighted by atomic mass is 32.2. The van der Waals surface area contributed by atoms with Gasteiger partial charge in [-0.15, -0.1) is 28.1 Å². The van der Waals surface area contributed by atoms with Crippen LogP contribution in [0, 0.1) is 12.7 Å². The molecule has 8 nitrogen and oxygen atoms in total. The summed E-state index contributed by atoms with van der Waals surface area (Å²) in [5.74, 6) is -0.773. The van der Waals surface area contributed by atoms with E-state index in [9.17, 15) is 14.0 Å². The Balaban J connectivity index is 1.67. The molecular formula is C20H21FN6O2S2. The van der Waals surface area contributed by atoms with Gasteiger partial charge in [-0.1, -0.05) is 30.0 Å². The van der Waals surface area contributed by atoms with Crippen LogP contribution in [0.4, 0.5) is 9.52 Å². The molecule has 0 radical (unpaired) electrons. The van der Waals surface area contributed by atoms with Crippen molar-refractivity contribution in [2.45, 2.75) is 31.6 Å². The third-order valence-corrected chi connectivity index (χ3v) is 5.95. The minimum absolute atomic E-state index is 0.0483. The third kappa shape index (κ3) is 5.76. The number of amides is 2. The van der Waals surface area contributed by atoms with Crippen LogP contribution in [0.2, 0.25) is 0 Å². The van der Waals surface area contributed by atoms with E-state index >= 15 is 0 Å². The molecule has 1 unspecified atom stereocenters. The molecule has 0 aliphatic carbocycles. The van der Waals surface area contributed by atoms with Gasteiger partial charge in [0, 0.05) is 11.9 Å². The van der Waals surface area contributed by atoms with E-state index in [1.807, 2.05) is 12.3 Å². The standard InChI is InChI=1S/C20H21FN6O2S2/c1-4-9-27-17(13(3)23-18(29)14-7-5-6-8-15(14)21)25-26-20(27)31-11-16(28)24-19-22-12(2)10-30-19/h4-8,10,13H,1,9,11H2,2-3H3,(H,23,29)(H,22,24,28). The smallest absolute Gasteiger partial charge is 0.254 e. The molecule has 2 amide bonds. The van der Waals surface area contributed by atoms with Gasteiger partial charge in [-0.25, -0.2) is 9.37 Å². The number of hydrogen-bond acceptors (Lipinski definition) is 7. The highest BCUT2D eigenvalue weighted by Crippen LogP contribution is 2.22. The predicted octanol–water partition coefficient (Wildman–Crippen LogP) is 3.59. The number of benzene rings is 1. The molecule has 0 spiro atoms. The summed E-state index contributed by atoms with van der Waals surface area (Å²) < 4.78 is 15.6. The molecule has 2 N–H and O–H groups in total. The van der Waals surface area contributed by atoms with E-state index in [0.717, 1.165) is 5.69 Å². The van der Waals surface area contributed by atoms with Gasteiger partial charge in [0.05, 0.1) is 23.1 Å². The number of thioether (sulfide) groups is 1. The Hall–Kier alpha value is -3.05. The molecule has 0 saturated heterocycles. The lowest BCUT2D eigenvalue weighted by atomic mass is 10.2. The monoisotopic (exact) mass is 460 g/mol. The van der Waals surface area contributed by atoms with Crippen LogP contribution in [0.1, 0.15) is 34.8 Å². The highest BCUT2D eigenvalue weighted by molar-refractivity contribution is 7.99. The summed E-state index contributed by atoms with van der Waals surface area (Å²) in [5.41, 5.74) is 0.794. The second-order valence-corrected chi connectivity index (χ2v) is 8.35. The quantitative estimate of drug-likeness (QED) is 0.374. The summed E-state index contributed by atoms with van der Waals surface area (Å²) in [7, 11) is 0. The van der Waals surface area contributed by atoms with Crippen molar-refractivity contribution in [3.8, 4) is 0 Å². The number of anilines is 1. The van der Waals surface area contributed by atoms with Crippen molar-refractivity contribution in [2.24, 2.45) is 0 Å². The maximum Gasteiger partial charge on any atom is 0.254 e. The van der Waals surface area contributed by atoms with E-state index in [2.05, 4.69) is 32.4 Å². The topological polar surface area (TPSA) is 102 Å². The van der Waals surface area contributed by atoms with Crippen LogP contribution in [-0.4, -0.2) is 37.3 Å². The van der Waals surface area contributed by atoms with Gasteiger partial charge in [-0.2, -0.15) is 0 Å². The number of carbonyl (C=O) groups excluding carboxylic acids is 2. The lowest BCUT2D eigenvalue weighted by Gasteiger charge is -2.15. The highest BCUT2D eigenvalue weighted by Gasteiger charge is 2.21. The van der Waals surface area contributed by atoms with Crippen LogP contribution in [0.15, 0.2) is 47.5 Å². The van der Waals surface area contributed by atoms with Gasteiger partial charge in [0.2, 0.25) is 5.91 Å². The fraction of sp³-hybridized carbons (Fsp3) is 0.250. The van der Waals surface area contributed by atoms with Crippen LogP contribution >= 0.6 is 23.1 Å². The van der Waals surface area contributed by atoms with Crippen molar-refractivity contribution in [1.29, 1.82) is 0 Å². The predicted molar refractivity (Wildman–Crippen MR) is 119 cm³/mol. The zero-order chi connectivity index (χ0) is 22.4. The van der Waals surface area contributed by atoms with Crippen molar-refractivity contribution < 1.29 is 14.0 Å². The minimum Gasteiger partial charge on any atom is -0.342 e. The van der Waals surface area contributed by atoms with E-state index in [-0.39, 0.29) is 17.2 Å². The Morgan fingerprint density at radius 2 is 2.13 bits per heavy atom. The van der Waals surface area contributed by atoms with Crippen LogP contribution in [0.25, 0.3) is 0 Å². The molecule has 3 aromatic rings. The summed E-state index contributed by atoms with van der Waals surface area (Å²) in [5, 5.41) is 16.7. The molecule has 0 aliphatic rings. The third-order valence-electron chi connectivity index (χ3n) is 4.11. The van der Waals surface area contributed by atoms with Crippen molar-refractivity contribution in [3.63, 3.8) is 0 Å². The summed E-state index contributed by atoms with van der Waals surface area (Å²) in [6, 6.07) is 5.21. The number of thiazole rings is 1. The Labute approximate surface area is 187 Å². The first-order chi connectivity index (χ1) is 14.9. The van der Waals surface area contributed by atoms with Crippen molar-refractivity contribution in [3.05, 3.63) is 65.2 Å². The fourth-order valence-electron chi connectivity index (χ4n) is 2.71. The molecule has 162 valence electrons. The van der Waals surface area contributed by atoms with E-state index in [4.69, 9.17) is 0 Å². The average Bonchev–Trinajstić information content (AvgIpc) is 3.32. The molecule has 0 saturated carbocycles.